The molecule has 0 radical (unpaired) electrons. The Balaban J connectivity index is 2.04. The summed E-state index contributed by atoms with van der Waals surface area (Å²) in [5.41, 5.74) is -3.26. The van der Waals surface area contributed by atoms with Crippen LogP contribution in [0.3, 0.4) is 0 Å². The van der Waals surface area contributed by atoms with Crippen molar-refractivity contribution in [2.24, 2.45) is 5.10 Å². The quantitative estimate of drug-likeness (QED) is 0.918. The van der Waals surface area contributed by atoms with Gasteiger partial charge in [-0.3, -0.25) is 9.78 Å². The Morgan fingerprint density at radius 2 is 2.13 bits per heavy atom. The summed E-state index contributed by atoms with van der Waals surface area (Å²) < 4.78 is 44.8. The second-order valence-corrected chi connectivity index (χ2v) is 4.87. The molecule has 9 heteroatoms. The second kappa shape index (κ2) is 5.20. The summed E-state index contributed by atoms with van der Waals surface area (Å²) in [6.45, 7) is 0. The first-order valence-corrected chi connectivity index (χ1v) is 6.48. The van der Waals surface area contributed by atoms with E-state index < -0.39 is 24.2 Å². The van der Waals surface area contributed by atoms with Gasteiger partial charge in [-0.2, -0.15) is 23.3 Å². The van der Waals surface area contributed by atoms with Gasteiger partial charge in [0.15, 0.2) is 5.76 Å². The summed E-state index contributed by atoms with van der Waals surface area (Å²) >= 11 is 0. The Bertz CT molecular complexity index is 744. The number of aromatic nitrogens is 1. The lowest BCUT2D eigenvalue weighted by Crippen LogP contribution is -2.56. The third-order valence-electron chi connectivity index (χ3n) is 3.36. The molecule has 23 heavy (non-hydrogen) atoms. The Kier molecular flexibility index (Phi) is 3.44. The first kappa shape index (κ1) is 15.2. The van der Waals surface area contributed by atoms with Crippen molar-refractivity contribution in [3.63, 3.8) is 0 Å². The normalized spacial score (nSPS) is 21.4. The van der Waals surface area contributed by atoms with Gasteiger partial charge in [-0.05, 0) is 18.2 Å². The maximum Gasteiger partial charge on any atom is 0.438 e. The number of rotatable bonds is 2. The lowest BCUT2D eigenvalue weighted by Gasteiger charge is -2.31. The Morgan fingerprint density at radius 1 is 1.35 bits per heavy atom. The average Bonchev–Trinajstić information content (AvgIpc) is 3.15. The third-order valence-corrected chi connectivity index (χ3v) is 3.36. The number of amides is 1. The molecule has 1 aliphatic heterocycles. The number of halogens is 3. The fourth-order valence-corrected chi connectivity index (χ4v) is 2.18. The molecule has 0 unspecified atom stereocenters. The molecule has 0 fully saturated rings. The first-order valence-electron chi connectivity index (χ1n) is 6.48. The van der Waals surface area contributed by atoms with Gasteiger partial charge in [0.1, 0.15) is 0 Å². The van der Waals surface area contributed by atoms with Crippen molar-refractivity contribution < 1.29 is 27.5 Å². The van der Waals surface area contributed by atoms with Crippen LogP contribution in [0.25, 0.3) is 0 Å². The summed E-state index contributed by atoms with van der Waals surface area (Å²) in [5.74, 6) is -1.54. The van der Waals surface area contributed by atoms with E-state index in [0.717, 1.165) is 6.26 Å². The van der Waals surface area contributed by atoms with E-state index in [2.05, 4.69) is 10.1 Å². The Labute approximate surface area is 127 Å². The van der Waals surface area contributed by atoms with Crippen molar-refractivity contribution in [1.29, 1.82) is 0 Å². The molecule has 1 N–H and O–H groups in total. The largest absolute Gasteiger partial charge is 0.459 e. The molecule has 0 saturated heterocycles. The van der Waals surface area contributed by atoms with Crippen LogP contribution in [0.2, 0.25) is 0 Å². The standard InChI is InChI=1S/C14H10F3N3O3/c15-14(16,17)13(22)7-10(9-3-1-5-18-8-9)19-20(13)12(21)11-4-2-6-23-11/h1-6,8,22H,7H2/t13-/m0/s1. The van der Waals surface area contributed by atoms with Gasteiger partial charge in [-0.25, -0.2) is 0 Å². The topological polar surface area (TPSA) is 78.9 Å². The van der Waals surface area contributed by atoms with E-state index in [1.165, 1.54) is 36.7 Å². The maximum atomic E-state index is 13.3. The van der Waals surface area contributed by atoms with Gasteiger partial charge in [0.05, 0.1) is 18.4 Å². The molecule has 0 aliphatic carbocycles. The SMILES string of the molecule is O=C(c1ccco1)N1N=C(c2cccnc2)C[C@]1(O)C(F)(F)F. The minimum absolute atomic E-state index is 0.00810. The number of alkyl halides is 3. The number of carbonyl (C=O) groups excluding carboxylic acids is 1. The maximum absolute atomic E-state index is 13.3. The van der Waals surface area contributed by atoms with Crippen molar-refractivity contribution in [3.8, 4) is 0 Å². The van der Waals surface area contributed by atoms with E-state index in [1.54, 1.807) is 0 Å². The van der Waals surface area contributed by atoms with Crippen LogP contribution >= 0.6 is 0 Å². The van der Waals surface area contributed by atoms with Crippen LogP contribution in [-0.4, -0.2) is 38.6 Å². The smallest absolute Gasteiger partial charge is 0.438 e. The van der Waals surface area contributed by atoms with Crippen molar-refractivity contribution in [2.75, 3.05) is 0 Å². The van der Waals surface area contributed by atoms with Crippen LogP contribution in [0.5, 0.6) is 0 Å². The monoisotopic (exact) mass is 325 g/mol. The van der Waals surface area contributed by atoms with Crippen LogP contribution < -0.4 is 0 Å². The molecule has 0 spiro atoms. The molecular formula is C14H10F3N3O3. The molecule has 2 aromatic rings. The number of pyridine rings is 1. The lowest BCUT2D eigenvalue weighted by atomic mass is 10.0. The average molecular weight is 325 g/mol. The zero-order valence-electron chi connectivity index (χ0n) is 11.5. The molecule has 0 bridgehead atoms. The molecule has 0 saturated carbocycles. The van der Waals surface area contributed by atoms with Gasteiger partial charge >= 0.3 is 12.1 Å². The van der Waals surface area contributed by atoms with Gasteiger partial charge in [-0.1, -0.05) is 6.07 Å². The predicted molar refractivity (Wildman–Crippen MR) is 71.3 cm³/mol. The number of hydrazone groups is 1. The summed E-state index contributed by atoms with van der Waals surface area (Å²) in [6, 6.07) is 5.55. The second-order valence-electron chi connectivity index (χ2n) is 4.87. The third kappa shape index (κ3) is 2.48. The highest BCUT2D eigenvalue weighted by Crippen LogP contribution is 2.41. The lowest BCUT2D eigenvalue weighted by molar-refractivity contribution is -0.297. The summed E-state index contributed by atoms with van der Waals surface area (Å²) in [7, 11) is 0. The van der Waals surface area contributed by atoms with Crippen LogP contribution in [0, 0.1) is 0 Å². The number of nitrogens with zero attached hydrogens (tertiary/aromatic N) is 3. The summed E-state index contributed by atoms with van der Waals surface area (Å²) in [4.78, 5) is 16.0. The minimum atomic E-state index is -5.09. The molecule has 0 aromatic carbocycles. The van der Waals surface area contributed by atoms with Crippen LogP contribution in [0.1, 0.15) is 22.5 Å². The molecule has 1 atom stereocenters. The molecule has 1 aliphatic rings. The first-order chi connectivity index (χ1) is 10.8. The van der Waals surface area contributed by atoms with Crippen molar-refractivity contribution in [3.05, 3.63) is 54.2 Å². The zero-order chi connectivity index (χ0) is 16.7. The highest BCUT2D eigenvalue weighted by molar-refractivity contribution is 6.04. The van der Waals surface area contributed by atoms with Crippen molar-refractivity contribution >= 4 is 11.6 Å². The fourth-order valence-electron chi connectivity index (χ4n) is 2.18. The number of hydrogen-bond donors (Lipinski definition) is 1. The van der Waals surface area contributed by atoms with Crippen LogP contribution in [0.15, 0.2) is 52.4 Å². The Hall–Kier alpha value is -2.68. The fraction of sp³-hybridized carbons (Fsp3) is 0.214. The minimum Gasteiger partial charge on any atom is -0.459 e. The van der Waals surface area contributed by atoms with Gasteiger partial charge < -0.3 is 9.52 Å². The predicted octanol–water partition coefficient (Wildman–Crippen LogP) is 2.18. The number of hydrogen-bond acceptors (Lipinski definition) is 5. The zero-order valence-corrected chi connectivity index (χ0v) is 11.5. The van der Waals surface area contributed by atoms with Crippen LogP contribution in [0.4, 0.5) is 13.2 Å². The van der Waals surface area contributed by atoms with Gasteiger partial charge in [0, 0.05) is 18.0 Å². The van der Waals surface area contributed by atoms with E-state index >= 15 is 0 Å². The highest BCUT2D eigenvalue weighted by atomic mass is 19.4. The van der Waals surface area contributed by atoms with Crippen molar-refractivity contribution in [2.45, 2.75) is 18.3 Å². The van der Waals surface area contributed by atoms with Gasteiger partial charge in [0.2, 0.25) is 0 Å². The number of aliphatic hydroxyl groups is 1. The summed E-state index contributed by atoms with van der Waals surface area (Å²) in [6.07, 6.45) is -2.10. The Morgan fingerprint density at radius 3 is 2.70 bits per heavy atom. The van der Waals surface area contributed by atoms with E-state index in [-0.39, 0.29) is 22.0 Å². The van der Waals surface area contributed by atoms with E-state index in [1.807, 2.05) is 0 Å². The number of carbonyl (C=O) groups is 1. The molecule has 2 aromatic heterocycles. The van der Waals surface area contributed by atoms with E-state index in [9.17, 15) is 23.1 Å². The summed E-state index contributed by atoms with van der Waals surface area (Å²) in [5, 5.41) is 13.8. The van der Waals surface area contributed by atoms with Crippen molar-refractivity contribution in [1.82, 2.24) is 9.99 Å². The molecule has 120 valence electrons. The van der Waals surface area contributed by atoms with E-state index in [0.29, 0.717) is 0 Å². The molecule has 6 nitrogen and oxygen atoms in total. The van der Waals surface area contributed by atoms with E-state index in [4.69, 9.17) is 4.42 Å². The number of furan rings is 1. The highest BCUT2D eigenvalue weighted by Gasteiger charge is 2.63. The van der Waals surface area contributed by atoms with Crippen LogP contribution in [-0.2, 0) is 0 Å². The molecule has 1 amide bonds. The van der Waals surface area contributed by atoms with Gasteiger partial charge in [-0.15, -0.1) is 0 Å². The molecule has 3 heterocycles. The molecule has 3 rings (SSSR count). The van der Waals surface area contributed by atoms with Gasteiger partial charge in [0.25, 0.3) is 5.72 Å². The molecular weight excluding hydrogens is 315 g/mol.